The van der Waals surface area contributed by atoms with Gasteiger partial charge >= 0.3 is 0 Å². The maximum atomic E-state index is 11.6. The number of sulfone groups is 1. The van der Waals surface area contributed by atoms with Crippen LogP contribution in [0.3, 0.4) is 0 Å². The second-order valence-electron chi connectivity index (χ2n) is 7.52. The summed E-state index contributed by atoms with van der Waals surface area (Å²) in [5.41, 5.74) is 3.07. The van der Waals surface area contributed by atoms with Crippen LogP contribution in [0, 0.1) is 0 Å². The smallest absolute Gasteiger partial charge is 0.175 e. The van der Waals surface area contributed by atoms with E-state index < -0.39 is 9.84 Å². The van der Waals surface area contributed by atoms with Gasteiger partial charge in [-0.1, -0.05) is 43.5 Å². The van der Waals surface area contributed by atoms with Crippen molar-refractivity contribution >= 4 is 27.0 Å². The minimum atomic E-state index is -3.17. The number of hydrogen-bond donors (Lipinski definition) is 2. The molecule has 1 aliphatic heterocycles. The fraction of sp³-hybridized carbons (Fsp3) is 0.381. The number of hydrogen-bond acceptors (Lipinski definition) is 4. The van der Waals surface area contributed by atoms with Crippen molar-refractivity contribution < 1.29 is 8.42 Å². The number of rotatable bonds is 3. The maximum absolute atomic E-state index is 11.6. The Bertz CT molecular complexity index is 959. The largest absolute Gasteiger partial charge is 0.371 e. The fourth-order valence-corrected chi connectivity index (χ4v) is 4.62. The van der Waals surface area contributed by atoms with Gasteiger partial charge in [-0.2, -0.15) is 0 Å². The lowest BCUT2D eigenvalue weighted by molar-refractivity contribution is 0.403. The van der Waals surface area contributed by atoms with Gasteiger partial charge in [-0.15, -0.1) is 0 Å². The molecule has 6 heteroatoms. The Labute approximate surface area is 160 Å². The summed E-state index contributed by atoms with van der Waals surface area (Å²) in [5, 5.41) is 7.31. The van der Waals surface area contributed by atoms with E-state index in [1.165, 1.54) is 25.5 Å². The van der Waals surface area contributed by atoms with Gasteiger partial charge in [-0.3, -0.25) is 4.99 Å². The highest BCUT2D eigenvalue weighted by Gasteiger charge is 2.40. The summed E-state index contributed by atoms with van der Waals surface area (Å²) >= 11 is 0. The second kappa shape index (κ2) is 7.00. The third kappa shape index (κ3) is 3.72. The van der Waals surface area contributed by atoms with Crippen LogP contribution in [0.25, 0.3) is 0 Å². The molecule has 2 N–H and O–H groups in total. The van der Waals surface area contributed by atoms with Crippen molar-refractivity contribution in [2.75, 3.05) is 16.9 Å². The summed E-state index contributed by atoms with van der Waals surface area (Å²) in [5.74, 6) is 0.994. The molecule has 0 unspecified atom stereocenters. The zero-order chi connectivity index (χ0) is 18.9. The minimum absolute atomic E-state index is 0.126. The fourth-order valence-electron chi connectivity index (χ4n) is 3.99. The number of fused-ring (bicyclic) bond motifs is 1. The zero-order valence-electron chi connectivity index (χ0n) is 15.5. The summed E-state index contributed by atoms with van der Waals surface area (Å²) < 4.78 is 23.2. The summed E-state index contributed by atoms with van der Waals surface area (Å²) in [7, 11) is -3.17. The van der Waals surface area contributed by atoms with Crippen LogP contribution in [0.5, 0.6) is 0 Å². The van der Waals surface area contributed by atoms with E-state index in [9.17, 15) is 8.42 Å². The number of nitrogens with one attached hydrogen (secondary N) is 2. The molecule has 0 saturated heterocycles. The Hall–Kier alpha value is -2.34. The van der Waals surface area contributed by atoms with Crippen molar-refractivity contribution in [3.63, 3.8) is 0 Å². The Morgan fingerprint density at radius 1 is 0.963 bits per heavy atom. The molecule has 2 aromatic rings. The van der Waals surface area contributed by atoms with E-state index in [1.807, 2.05) is 18.2 Å². The Kier molecular flexibility index (Phi) is 4.68. The molecule has 1 heterocycles. The standard InChI is InChI=1S/C21H25N3O2S/c1-27(25,26)17-11-9-16(10-12-17)15-22-20-21(13-5-2-6-14-21)24-19-8-4-3-7-18(19)23-20/h3-4,7-12,24H,2,5-6,13-15H2,1H3,(H,22,23). The number of anilines is 2. The van der Waals surface area contributed by atoms with Gasteiger partial charge in [0.2, 0.25) is 0 Å². The third-order valence-electron chi connectivity index (χ3n) is 5.49. The first kappa shape index (κ1) is 18.0. The molecule has 0 aromatic heterocycles. The van der Waals surface area contributed by atoms with E-state index in [0.717, 1.165) is 35.6 Å². The Morgan fingerprint density at radius 3 is 2.30 bits per heavy atom. The average molecular weight is 384 g/mol. The van der Waals surface area contributed by atoms with Crippen molar-refractivity contribution in [2.45, 2.75) is 49.1 Å². The lowest BCUT2D eigenvalue weighted by atomic mass is 9.79. The molecule has 0 amide bonds. The number of para-hydroxylation sites is 2. The highest BCUT2D eigenvalue weighted by atomic mass is 32.2. The van der Waals surface area contributed by atoms with Crippen LogP contribution in [0.2, 0.25) is 0 Å². The average Bonchev–Trinajstić information content (AvgIpc) is 2.66. The lowest BCUT2D eigenvalue weighted by Crippen LogP contribution is -2.53. The summed E-state index contributed by atoms with van der Waals surface area (Å²) in [6.07, 6.45) is 7.02. The van der Waals surface area contributed by atoms with Crippen molar-refractivity contribution in [3.8, 4) is 0 Å². The highest BCUT2D eigenvalue weighted by Crippen LogP contribution is 2.39. The van der Waals surface area contributed by atoms with E-state index in [1.54, 1.807) is 12.1 Å². The molecule has 0 radical (unpaired) electrons. The van der Waals surface area contributed by atoms with E-state index in [2.05, 4.69) is 28.8 Å². The van der Waals surface area contributed by atoms with Crippen molar-refractivity contribution in [3.05, 3.63) is 54.1 Å². The van der Waals surface area contributed by atoms with E-state index >= 15 is 0 Å². The summed E-state index contributed by atoms with van der Waals surface area (Å²) in [4.78, 5) is 5.26. The van der Waals surface area contributed by atoms with Crippen molar-refractivity contribution in [1.29, 1.82) is 0 Å². The SMILES string of the molecule is CS(=O)(=O)c1ccc(CN=C2Nc3ccccc3NC23CCCCC3)cc1. The first-order valence-corrected chi connectivity index (χ1v) is 11.3. The van der Waals surface area contributed by atoms with Crippen LogP contribution in [0.15, 0.2) is 58.4 Å². The molecular formula is C21H25N3O2S. The Balaban J connectivity index is 1.61. The third-order valence-corrected chi connectivity index (χ3v) is 6.61. The molecule has 2 aromatic carbocycles. The molecule has 1 saturated carbocycles. The van der Waals surface area contributed by atoms with Crippen LogP contribution in [-0.4, -0.2) is 26.0 Å². The van der Waals surface area contributed by atoms with Gasteiger partial charge in [0, 0.05) is 6.26 Å². The zero-order valence-corrected chi connectivity index (χ0v) is 16.3. The number of nitrogens with zero attached hydrogens (tertiary/aromatic N) is 1. The topological polar surface area (TPSA) is 70.6 Å². The van der Waals surface area contributed by atoms with Gasteiger partial charge in [0.15, 0.2) is 9.84 Å². The van der Waals surface area contributed by atoms with Crippen molar-refractivity contribution in [1.82, 2.24) is 0 Å². The Morgan fingerprint density at radius 2 is 1.63 bits per heavy atom. The number of aliphatic imine (C=N–C) groups is 1. The van der Waals surface area contributed by atoms with Gasteiger partial charge < -0.3 is 10.6 Å². The van der Waals surface area contributed by atoms with Gasteiger partial charge in [0.1, 0.15) is 5.84 Å². The molecule has 142 valence electrons. The normalized spacial score (nSPS) is 20.0. The summed E-state index contributed by atoms with van der Waals surface area (Å²) in [6, 6.07) is 15.2. The molecular weight excluding hydrogens is 358 g/mol. The van der Waals surface area contributed by atoms with Crippen molar-refractivity contribution in [2.24, 2.45) is 4.99 Å². The van der Waals surface area contributed by atoms with Gasteiger partial charge in [0.05, 0.1) is 28.4 Å². The molecule has 2 aliphatic rings. The molecule has 0 atom stereocenters. The van der Waals surface area contributed by atoms with Crippen LogP contribution in [-0.2, 0) is 16.4 Å². The van der Waals surface area contributed by atoms with Crippen LogP contribution in [0.1, 0.15) is 37.7 Å². The van der Waals surface area contributed by atoms with E-state index in [-0.39, 0.29) is 5.54 Å². The molecule has 0 bridgehead atoms. The first-order valence-electron chi connectivity index (χ1n) is 9.44. The molecule has 27 heavy (non-hydrogen) atoms. The molecule has 4 rings (SSSR count). The van der Waals surface area contributed by atoms with Crippen LogP contribution >= 0.6 is 0 Å². The van der Waals surface area contributed by atoms with Gasteiger partial charge in [0.25, 0.3) is 0 Å². The highest BCUT2D eigenvalue weighted by molar-refractivity contribution is 7.90. The van der Waals surface area contributed by atoms with E-state index in [4.69, 9.17) is 4.99 Å². The quantitative estimate of drug-likeness (QED) is 0.832. The molecule has 1 fully saturated rings. The predicted octanol–water partition coefficient (Wildman–Crippen LogP) is 4.23. The van der Waals surface area contributed by atoms with Crippen LogP contribution < -0.4 is 10.6 Å². The second-order valence-corrected chi connectivity index (χ2v) is 9.54. The molecule has 5 nitrogen and oxygen atoms in total. The van der Waals surface area contributed by atoms with Crippen LogP contribution in [0.4, 0.5) is 11.4 Å². The molecule has 1 aliphatic carbocycles. The lowest BCUT2D eigenvalue weighted by Gasteiger charge is -2.44. The van der Waals surface area contributed by atoms with Gasteiger partial charge in [-0.25, -0.2) is 8.42 Å². The predicted molar refractivity (Wildman–Crippen MR) is 110 cm³/mol. The number of benzene rings is 2. The monoisotopic (exact) mass is 383 g/mol. The maximum Gasteiger partial charge on any atom is 0.175 e. The number of amidine groups is 1. The van der Waals surface area contributed by atoms with E-state index in [0.29, 0.717) is 11.4 Å². The summed E-state index contributed by atoms with van der Waals surface area (Å²) in [6.45, 7) is 0.526. The van der Waals surface area contributed by atoms with Gasteiger partial charge in [-0.05, 0) is 42.7 Å². The minimum Gasteiger partial charge on any atom is -0.371 e. The molecule has 1 spiro atoms. The first-order chi connectivity index (χ1) is 13.0.